The summed E-state index contributed by atoms with van der Waals surface area (Å²) in [6, 6.07) is 10.6. The van der Waals surface area contributed by atoms with Crippen LogP contribution in [0.1, 0.15) is 41.4 Å². The molecule has 1 N–H and O–H groups in total. The molecule has 1 aliphatic heterocycles. The van der Waals surface area contributed by atoms with Crippen molar-refractivity contribution in [1.82, 2.24) is 25.2 Å². The van der Waals surface area contributed by atoms with E-state index >= 15 is 0 Å². The Morgan fingerprint density at radius 1 is 1.19 bits per heavy atom. The molecule has 0 aliphatic carbocycles. The quantitative estimate of drug-likeness (QED) is 0.540. The van der Waals surface area contributed by atoms with E-state index in [2.05, 4.69) is 57.5 Å². The Morgan fingerprint density at radius 2 is 2.03 bits per heavy atom. The fraction of sp³-hybridized carbons (Fsp3) is 0.333. The van der Waals surface area contributed by atoms with E-state index in [1.165, 1.54) is 22.2 Å². The van der Waals surface area contributed by atoms with Crippen molar-refractivity contribution in [1.29, 1.82) is 0 Å². The number of aromatic nitrogens is 4. The smallest absolute Gasteiger partial charge is 0.228 e. The second-order valence-corrected chi connectivity index (χ2v) is 8.35. The summed E-state index contributed by atoms with van der Waals surface area (Å²) in [5.41, 5.74) is 7.21. The zero-order chi connectivity index (χ0) is 21.4. The minimum absolute atomic E-state index is 0.0703. The fourth-order valence-electron chi connectivity index (χ4n) is 4.57. The Balaban J connectivity index is 1.49. The van der Waals surface area contributed by atoms with Gasteiger partial charge in [-0.3, -0.25) is 9.78 Å². The van der Waals surface area contributed by atoms with Crippen molar-refractivity contribution in [2.75, 3.05) is 13.1 Å². The number of fused-ring (bicyclic) bond motifs is 1. The number of benzene rings is 1. The van der Waals surface area contributed by atoms with Crippen LogP contribution < -0.4 is 0 Å². The van der Waals surface area contributed by atoms with Crippen LogP contribution in [0, 0.1) is 13.8 Å². The minimum atomic E-state index is 0.0703. The standard InChI is InChI=1S/C24H25N5O2/c1-15-5-6-20-19(12-15)23(17-7-9-25-10-8-17)24(26-20)18-4-3-11-29(14-18)22(30)13-21-16(2)27-31-28-21/h5-10,12,18,26H,3-4,11,13-14H2,1-2H3/t18-/m1/s1. The number of rotatable bonds is 4. The van der Waals surface area contributed by atoms with Gasteiger partial charge in [0.15, 0.2) is 0 Å². The molecule has 3 aromatic heterocycles. The Labute approximate surface area is 180 Å². The van der Waals surface area contributed by atoms with Gasteiger partial charge in [-0.25, -0.2) is 4.63 Å². The van der Waals surface area contributed by atoms with Crippen LogP contribution in [-0.4, -0.2) is 44.2 Å². The van der Waals surface area contributed by atoms with Crippen molar-refractivity contribution in [3.8, 4) is 11.1 Å². The molecule has 0 spiro atoms. The average Bonchev–Trinajstić information content (AvgIpc) is 3.37. The number of aryl methyl sites for hydroxylation is 2. The molecule has 7 heteroatoms. The molecule has 0 bridgehead atoms. The molecule has 158 valence electrons. The van der Waals surface area contributed by atoms with Gasteiger partial charge in [-0.2, -0.15) is 0 Å². The topological polar surface area (TPSA) is 87.9 Å². The van der Waals surface area contributed by atoms with Crippen LogP contribution in [0.2, 0.25) is 0 Å². The van der Waals surface area contributed by atoms with Crippen molar-refractivity contribution in [2.45, 2.75) is 39.0 Å². The third-order valence-electron chi connectivity index (χ3n) is 6.20. The molecule has 1 aromatic carbocycles. The number of amides is 1. The molecular formula is C24H25N5O2. The van der Waals surface area contributed by atoms with Crippen molar-refractivity contribution in [3.05, 3.63) is 65.4 Å². The van der Waals surface area contributed by atoms with E-state index in [0.717, 1.165) is 30.5 Å². The summed E-state index contributed by atoms with van der Waals surface area (Å²) in [5, 5.41) is 8.88. The van der Waals surface area contributed by atoms with Gasteiger partial charge < -0.3 is 9.88 Å². The average molecular weight is 415 g/mol. The van der Waals surface area contributed by atoms with Crippen molar-refractivity contribution in [2.24, 2.45) is 0 Å². The minimum Gasteiger partial charge on any atom is -0.358 e. The maximum absolute atomic E-state index is 13.0. The molecule has 4 aromatic rings. The molecule has 1 fully saturated rings. The summed E-state index contributed by atoms with van der Waals surface area (Å²) in [6.45, 7) is 5.38. The number of aromatic amines is 1. The number of pyridine rings is 1. The van der Waals surface area contributed by atoms with Gasteiger partial charge in [-0.15, -0.1) is 0 Å². The SMILES string of the molecule is Cc1ccc2[nH]c([C@@H]3CCCN(C(=O)Cc4nonc4C)C3)c(-c3ccncc3)c2c1. The first-order valence-electron chi connectivity index (χ1n) is 10.7. The predicted octanol–water partition coefficient (Wildman–Crippen LogP) is 4.18. The van der Waals surface area contributed by atoms with E-state index in [-0.39, 0.29) is 18.2 Å². The van der Waals surface area contributed by atoms with Crippen LogP contribution in [0.5, 0.6) is 0 Å². The first-order valence-corrected chi connectivity index (χ1v) is 10.7. The molecule has 4 heterocycles. The highest BCUT2D eigenvalue weighted by atomic mass is 16.6. The van der Waals surface area contributed by atoms with Gasteiger partial charge in [0.1, 0.15) is 11.4 Å². The molecule has 1 atom stereocenters. The maximum atomic E-state index is 13.0. The molecule has 31 heavy (non-hydrogen) atoms. The monoisotopic (exact) mass is 415 g/mol. The molecule has 0 radical (unpaired) electrons. The lowest BCUT2D eigenvalue weighted by Gasteiger charge is -2.33. The molecule has 1 amide bonds. The lowest BCUT2D eigenvalue weighted by atomic mass is 9.89. The number of hydrogen-bond acceptors (Lipinski definition) is 5. The first kappa shape index (κ1) is 19.5. The van der Waals surface area contributed by atoms with Crippen LogP contribution >= 0.6 is 0 Å². The third-order valence-corrected chi connectivity index (χ3v) is 6.20. The summed E-state index contributed by atoms with van der Waals surface area (Å²) in [6.07, 6.45) is 5.90. The number of hydrogen-bond donors (Lipinski definition) is 1. The zero-order valence-electron chi connectivity index (χ0n) is 17.8. The Kier molecular flexibility index (Phi) is 5.02. The number of carbonyl (C=O) groups excluding carboxylic acids is 1. The van der Waals surface area contributed by atoms with E-state index in [1.807, 2.05) is 24.2 Å². The Hall–Kier alpha value is -3.48. The molecule has 7 nitrogen and oxygen atoms in total. The number of H-pyrrole nitrogens is 1. The number of nitrogens with one attached hydrogen (secondary N) is 1. The molecule has 0 unspecified atom stereocenters. The van der Waals surface area contributed by atoms with Gasteiger partial charge in [0.2, 0.25) is 5.91 Å². The van der Waals surface area contributed by atoms with Gasteiger partial charge in [0.05, 0.1) is 6.42 Å². The van der Waals surface area contributed by atoms with Gasteiger partial charge in [0.25, 0.3) is 0 Å². The van der Waals surface area contributed by atoms with Crippen molar-refractivity contribution >= 4 is 16.8 Å². The van der Waals surface area contributed by atoms with Gasteiger partial charge in [-0.1, -0.05) is 21.9 Å². The van der Waals surface area contributed by atoms with E-state index in [0.29, 0.717) is 17.9 Å². The number of carbonyl (C=O) groups is 1. The first-order chi connectivity index (χ1) is 15.1. The van der Waals surface area contributed by atoms with Crippen LogP contribution in [0.4, 0.5) is 0 Å². The zero-order valence-corrected chi connectivity index (χ0v) is 17.8. The maximum Gasteiger partial charge on any atom is 0.228 e. The molecule has 0 saturated carbocycles. The van der Waals surface area contributed by atoms with Gasteiger partial charge in [-0.05, 0) is 56.5 Å². The van der Waals surface area contributed by atoms with Crippen LogP contribution in [0.25, 0.3) is 22.0 Å². The lowest BCUT2D eigenvalue weighted by molar-refractivity contribution is -0.131. The third kappa shape index (κ3) is 3.71. The normalized spacial score (nSPS) is 16.7. The molecule has 1 saturated heterocycles. The summed E-state index contributed by atoms with van der Waals surface area (Å²) in [4.78, 5) is 22.8. The van der Waals surface area contributed by atoms with Crippen LogP contribution in [0.15, 0.2) is 47.4 Å². The van der Waals surface area contributed by atoms with E-state index in [1.54, 1.807) is 0 Å². The lowest BCUT2D eigenvalue weighted by Crippen LogP contribution is -2.40. The van der Waals surface area contributed by atoms with Gasteiger partial charge >= 0.3 is 0 Å². The highest BCUT2D eigenvalue weighted by Gasteiger charge is 2.29. The summed E-state index contributed by atoms with van der Waals surface area (Å²) < 4.78 is 4.75. The predicted molar refractivity (Wildman–Crippen MR) is 118 cm³/mol. The second-order valence-electron chi connectivity index (χ2n) is 8.35. The van der Waals surface area contributed by atoms with Gasteiger partial charge in [0, 0.05) is 53.6 Å². The number of likely N-dealkylation sites (tertiary alicyclic amines) is 1. The van der Waals surface area contributed by atoms with E-state index in [9.17, 15) is 4.79 Å². The van der Waals surface area contributed by atoms with Crippen molar-refractivity contribution < 1.29 is 9.42 Å². The molecular weight excluding hydrogens is 390 g/mol. The highest BCUT2D eigenvalue weighted by molar-refractivity contribution is 5.98. The largest absolute Gasteiger partial charge is 0.358 e. The highest BCUT2D eigenvalue weighted by Crippen LogP contribution is 2.39. The van der Waals surface area contributed by atoms with Crippen LogP contribution in [-0.2, 0) is 11.2 Å². The van der Waals surface area contributed by atoms with E-state index < -0.39 is 0 Å². The second kappa shape index (κ2) is 7.98. The Bertz CT molecular complexity index is 1230. The fourth-order valence-corrected chi connectivity index (χ4v) is 4.57. The van der Waals surface area contributed by atoms with E-state index in [4.69, 9.17) is 4.63 Å². The molecule has 1 aliphatic rings. The number of nitrogens with zero attached hydrogens (tertiary/aromatic N) is 4. The molecule has 5 rings (SSSR count). The van der Waals surface area contributed by atoms with Crippen LogP contribution in [0.3, 0.4) is 0 Å². The summed E-state index contributed by atoms with van der Waals surface area (Å²) >= 11 is 0. The summed E-state index contributed by atoms with van der Waals surface area (Å²) in [7, 11) is 0. The van der Waals surface area contributed by atoms with Crippen molar-refractivity contribution in [3.63, 3.8) is 0 Å². The number of piperidine rings is 1. The Morgan fingerprint density at radius 3 is 2.81 bits per heavy atom. The summed E-state index contributed by atoms with van der Waals surface area (Å²) in [5.74, 6) is 0.311.